The number of likely N-dealkylation sites (N-methyl/N-ethyl adjacent to an activating group) is 1. The fourth-order valence-corrected chi connectivity index (χ4v) is 5.00. The van der Waals surface area contributed by atoms with Gasteiger partial charge in [0.25, 0.3) is 5.91 Å². The molecule has 3 heterocycles. The highest BCUT2D eigenvalue weighted by Gasteiger charge is 2.49. The van der Waals surface area contributed by atoms with Crippen LogP contribution in [0.15, 0.2) is 29.0 Å². The highest BCUT2D eigenvalue weighted by molar-refractivity contribution is 8.04. The molecule has 2 aliphatic rings. The van der Waals surface area contributed by atoms with Gasteiger partial charge in [0.15, 0.2) is 11.8 Å². The lowest BCUT2D eigenvalue weighted by Crippen LogP contribution is -2.57. The number of thiophene rings is 1. The van der Waals surface area contributed by atoms with Crippen LogP contribution in [0.25, 0.3) is 0 Å². The van der Waals surface area contributed by atoms with E-state index >= 15 is 0 Å². The first-order valence-electron chi connectivity index (χ1n) is 9.68. The molecule has 0 saturated carbocycles. The van der Waals surface area contributed by atoms with Crippen LogP contribution >= 0.6 is 23.1 Å². The monoisotopic (exact) mass is 420 g/mol. The molecule has 8 heteroatoms. The summed E-state index contributed by atoms with van der Waals surface area (Å²) < 4.78 is 1.49. The number of thioether (sulfide) groups is 1. The van der Waals surface area contributed by atoms with Gasteiger partial charge in [0, 0.05) is 24.4 Å². The van der Waals surface area contributed by atoms with E-state index in [4.69, 9.17) is 0 Å². The van der Waals surface area contributed by atoms with Crippen LogP contribution in [0.2, 0.25) is 0 Å². The topological polar surface area (TPSA) is 60.7 Å². The first kappa shape index (κ1) is 20.8. The Morgan fingerprint density at radius 3 is 2.82 bits per heavy atom. The van der Waals surface area contributed by atoms with Gasteiger partial charge in [0.2, 0.25) is 0 Å². The Morgan fingerprint density at radius 1 is 1.32 bits per heavy atom. The Balaban J connectivity index is 1.78. The zero-order chi connectivity index (χ0) is 20.1. The van der Waals surface area contributed by atoms with E-state index in [9.17, 15) is 14.4 Å². The molecule has 3 rings (SSSR count). The van der Waals surface area contributed by atoms with Gasteiger partial charge >= 0.3 is 11.9 Å². The molecule has 0 spiro atoms. The average molecular weight is 421 g/mol. The fourth-order valence-electron chi connectivity index (χ4n) is 3.34. The summed E-state index contributed by atoms with van der Waals surface area (Å²) in [4.78, 5) is 43.0. The van der Waals surface area contributed by atoms with Gasteiger partial charge in [0.05, 0.1) is 0 Å². The molecule has 6 nitrogen and oxygen atoms in total. The first-order chi connectivity index (χ1) is 13.6. The average Bonchev–Trinajstić information content (AvgIpc) is 3.37. The van der Waals surface area contributed by atoms with Crippen molar-refractivity contribution in [2.75, 3.05) is 26.2 Å². The minimum absolute atomic E-state index is 0.0180. The fraction of sp³-hybridized carbons (Fsp3) is 0.500. The van der Waals surface area contributed by atoms with Crippen molar-refractivity contribution in [2.24, 2.45) is 0 Å². The van der Waals surface area contributed by atoms with Crippen molar-refractivity contribution >= 4 is 46.7 Å². The molecule has 28 heavy (non-hydrogen) atoms. The molecule has 1 aromatic rings. The smallest absolute Gasteiger partial charge is 0.340 e. The van der Waals surface area contributed by atoms with Crippen molar-refractivity contribution < 1.29 is 19.0 Å². The van der Waals surface area contributed by atoms with E-state index in [1.807, 2.05) is 29.8 Å². The number of carbonyl (C=O) groups excluding carboxylic acids is 3. The van der Waals surface area contributed by atoms with Crippen LogP contribution in [-0.2, 0) is 16.0 Å². The van der Waals surface area contributed by atoms with Crippen molar-refractivity contribution in [2.45, 2.75) is 38.4 Å². The molecule has 0 saturated heterocycles. The van der Waals surface area contributed by atoms with Crippen LogP contribution in [0.3, 0.4) is 0 Å². The lowest BCUT2D eigenvalue weighted by Gasteiger charge is -2.26. The molecule has 2 aliphatic heterocycles. The minimum atomic E-state index is -0.431. The van der Waals surface area contributed by atoms with Crippen LogP contribution < -0.4 is 0 Å². The Morgan fingerprint density at radius 2 is 2.14 bits per heavy atom. The molecule has 0 aliphatic carbocycles. The van der Waals surface area contributed by atoms with Crippen LogP contribution in [0.5, 0.6) is 0 Å². The van der Waals surface area contributed by atoms with Crippen LogP contribution in [-0.4, -0.2) is 69.4 Å². The van der Waals surface area contributed by atoms with E-state index < -0.39 is 5.25 Å². The van der Waals surface area contributed by atoms with E-state index in [2.05, 4.69) is 6.92 Å². The van der Waals surface area contributed by atoms with Crippen LogP contribution in [0.1, 0.15) is 31.6 Å². The summed E-state index contributed by atoms with van der Waals surface area (Å²) in [5.41, 5.74) is 0.632. The van der Waals surface area contributed by atoms with Crippen molar-refractivity contribution in [3.05, 3.63) is 33.9 Å². The Hall–Kier alpha value is -1.93. The number of allylic oxidation sites excluding steroid dienone is 1. The Bertz CT molecular complexity index is 802. The number of hydrogen-bond acceptors (Lipinski definition) is 5. The van der Waals surface area contributed by atoms with Gasteiger partial charge in [-0.3, -0.25) is 4.79 Å². The van der Waals surface area contributed by atoms with Crippen LogP contribution in [0.4, 0.5) is 4.79 Å². The van der Waals surface area contributed by atoms with Gasteiger partial charge in [-0.05, 0) is 36.3 Å². The standard InChI is InChI=1S/C20H26N3O3S2/c1-3-5-10-21(4-2)17(24)14-23-16-9-13-28-18(16)19(25)22(20(23)26)11-8-15-7-6-12-27-15/h6-7,9,12-13,18H,3-5,8,10-11,14H2,1-2H3/q+1. The van der Waals surface area contributed by atoms with E-state index in [-0.39, 0.29) is 24.4 Å². The maximum absolute atomic E-state index is 13.1. The molecule has 0 N–H and O–H groups in total. The summed E-state index contributed by atoms with van der Waals surface area (Å²) in [6, 6.07) is 3.57. The lowest BCUT2D eigenvalue weighted by atomic mass is 10.1. The van der Waals surface area contributed by atoms with Gasteiger partial charge in [0.1, 0.15) is 12.3 Å². The number of imide groups is 1. The Labute approximate surface area is 173 Å². The second kappa shape index (κ2) is 9.52. The molecule has 1 unspecified atom stereocenters. The second-order valence-electron chi connectivity index (χ2n) is 6.76. The third kappa shape index (κ3) is 4.38. The number of hydrogen-bond donors (Lipinski definition) is 0. The second-order valence-corrected chi connectivity index (χ2v) is 8.81. The van der Waals surface area contributed by atoms with Crippen LogP contribution in [0, 0.1) is 0 Å². The molecule has 0 radical (unpaired) electrons. The zero-order valence-electron chi connectivity index (χ0n) is 16.3. The van der Waals surface area contributed by atoms with Gasteiger partial charge in [-0.25, -0.2) is 4.79 Å². The van der Waals surface area contributed by atoms with E-state index in [0.29, 0.717) is 31.8 Å². The van der Waals surface area contributed by atoms with Crippen molar-refractivity contribution in [1.82, 2.24) is 9.80 Å². The summed E-state index contributed by atoms with van der Waals surface area (Å²) in [7, 11) is 0. The molecule has 150 valence electrons. The van der Waals surface area contributed by atoms with Crippen molar-refractivity contribution in [1.29, 1.82) is 0 Å². The third-order valence-corrected chi connectivity index (χ3v) is 6.90. The largest absolute Gasteiger partial charge is 0.501 e. The number of fused-ring (bicyclic) bond motifs is 1. The quantitative estimate of drug-likeness (QED) is 0.576. The highest BCUT2D eigenvalue weighted by atomic mass is 32.2. The minimum Gasteiger partial charge on any atom is -0.340 e. The number of nitrogens with zero attached hydrogens (tertiary/aromatic N) is 3. The number of amides is 4. The van der Waals surface area contributed by atoms with E-state index in [1.165, 1.54) is 21.2 Å². The van der Waals surface area contributed by atoms with E-state index in [0.717, 1.165) is 17.7 Å². The third-order valence-electron chi connectivity index (χ3n) is 4.96. The van der Waals surface area contributed by atoms with Gasteiger partial charge in [-0.2, -0.15) is 14.3 Å². The lowest BCUT2D eigenvalue weighted by molar-refractivity contribution is -0.427. The summed E-state index contributed by atoms with van der Waals surface area (Å²) in [6.07, 6.45) is 4.37. The molecule has 1 aromatic heterocycles. The SMILES string of the molecule is CCCCN(CC)C(=O)C[N+]1=C2C=CSC2C(=O)N(CCc2cccs2)C1=O. The number of carbonyl (C=O) groups is 3. The summed E-state index contributed by atoms with van der Waals surface area (Å²) in [5, 5.41) is 3.39. The van der Waals surface area contributed by atoms with Gasteiger partial charge in [-0.1, -0.05) is 19.4 Å². The number of rotatable bonds is 9. The molecule has 0 fully saturated rings. The molecule has 1 atom stereocenters. The van der Waals surface area contributed by atoms with Gasteiger partial charge in [-0.15, -0.1) is 23.1 Å². The molecule has 0 bridgehead atoms. The molecular formula is C20H26N3O3S2+. The Kier molecular flexibility index (Phi) is 7.07. The van der Waals surface area contributed by atoms with E-state index in [1.54, 1.807) is 22.3 Å². The zero-order valence-corrected chi connectivity index (χ0v) is 17.9. The van der Waals surface area contributed by atoms with Gasteiger partial charge < -0.3 is 4.90 Å². The molecule has 4 amide bonds. The van der Waals surface area contributed by atoms with Crippen molar-refractivity contribution in [3.8, 4) is 0 Å². The summed E-state index contributed by atoms with van der Waals surface area (Å²) in [5.74, 6) is -0.262. The first-order valence-corrected chi connectivity index (χ1v) is 11.5. The van der Waals surface area contributed by atoms with Crippen molar-refractivity contribution in [3.63, 3.8) is 0 Å². The summed E-state index contributed by atoms with van der Waals surface area (Å²) >= 11 is 3.01. The molecule has 0 aromatic carbocycles. The summed E-state index contributed by atoms with van der Waals surface area (Å²) in [6.45, 7) is 5.66. The predicted octanol–water partition coefficient (Wildman–Crippen LogP) is 2.98. The normalized spacial score (nSPS) is 18.8. The predicted molar refractivity (Wildman–Crippen MR) is 113 cm³/mol. The number of unbranched alkanes of at least 4 members (excludes halogenated alkanes) is 1. The molecular weight excluding hydrogens is 394 g/mol. The maximum Gasteiger partial charge on any atom is 0.501 e. The highest BCUT2D eigenvalue weighted by Crippen LogP contribution is 2.28. The maximum atomic E-state index is 13.1. The number of urea groups is 1.